The standard InChI is InChI=1S/C33H40F4O2/c1-5-8-9-10-22(4)11-14-24(6-2)26-17-20-29(33(37)30(26)34)39-21-23-12-15-25(16-13-23)27-18-19-28(38-7-3)32(36)31(27)35/h12-13,15-20,22,24H,5-11,14,21H2,1-4H3. The highest BCUT2D eigenvalue weighted by Crippen LogP contribution is 2.34. The maximum absolute atomic E-state index is 15.1. The largest absolute Gasteiger partial charge is 0.491 e. The molecule has 3 aromatic rings. The van der Waals surface area contributed by atoms with Gasteiger partial charge in [-0.2, -0.15) is 8.78 Å². The van der Waals surface area contributed by atoms with Crippen molar-refractivity contribution < 1.29 is 27.0 Å². The topological polar surface area (TPSA) is 18.5 Å². The summed E-state index contributed by atoms with van der Waals surface area (Å²) in [5.74, 6) is -3.60. The summed E-state index contributed by atoms with van der Waals surface area (Å²) in [7, 11) is 0. The van der Waals surface area contributed by atoms with Crippen LogP contribution in [0.2, 0.25) is 0 Å². The third kappa shape index (κ3) is 8.00. The molecule has 0 saturated heterocycles. The molecular formula is C33H40F4O2. The van der Waals surface area contributed by atoms with Gasteiger partial charge in [0.05, 0.1) is 6.61 Å². The number of halogens is 4. The summed E-state index contributed by atoms with van der Waals surface area (Å²) in [5, 5.41) is 0. The van der Waals surface area contributed by atoms with E-state index in [0.29, 0.717) is 22.6 Å². The van der Waals surface area contributed by atoms with Crippen molar-refractivity contribution in [3.8, 4) is 22.6 Å². The summed E-state index contributed by atoms with van der Waals surface area (Å²) in [4.78, 5) is 0. The molecule has 212 valence electrons. The van der Waals surface area contributed by atoms with Gasteiger partial charge >= 0.3 is 0 Å². The molecule has 0 aliphatic carbocycles. The van der Waals surface area contributed by atoms with Crippen molar-refractivity contribution in [1.29, 1.82) is 0 Å². The van der Waals surface area contributed by atoms with E-state index in [1.165, 1.54) is 43.9 Å². The van der Waals surface area contributed by atoms with Gasteiger partial charge in [0.2, 0.25) is 11.6 Å². The van der Waals surface area contributed by atoms with E-state index in [4.69, 9.17) is 9.47 Å². The van der Waals surface area contributed by atoms with Crippen molar-refractivity contribution in [3.05, 3.63) is 82.9 Å². The van der Waals surface area contributed by atoms with Crippen molar-refractivity contribution >= 4 is 0 Å². The van der Waals surface area contributed by atoms with E-state index in [1.807, 2.05) is 6.92 Å². The van der Waals surface area contributed by atoms with Crippen LogP contribution in [0.4, 0.5) is 17.6 Å². The highest BCUT2D eigenvalue weighted by atomic mass is 19.2. The lowest BCUT2D eigenvalue weighted by atomic mass is 9.87. The molecule has 0 fully saturated rings. The minimum Gasteiger partial charge on any atom is -0.491 e. The van der Waals surface area contributed by atoms with Crippen molar-refractivity contribution in [2.24, 2.45) is 5.92 Å². The molecule has 3 rings (SSSR count). The molecule has 2 atom stereocenters. The molecular weight excluding hydrogens is 504 g/mol. The first-order valence-electron chi connectivity index (χ1n) is 14.1. The predicted octanol–water partition coefficient (Wildman–Crippen LogP) is 10.4. The van der Waals surface area contributed by atoms with Crippen LogP contribution in [0.25, 0.3) is 11.1 Å². The Kier molecular flexibility index (Phi) is 11.7. The van der Waals surface area contributed by atoms with Gasteiger partial charge in [0.15, 0.2) is 23.1 Å². The SMILES string of the molecule is CCCCCC(C)CCC(CC)c1ccc(OCc2ccc(-c3ccc(OCC)c(F)c3F)cc2)c(F)c1F. The first kappa shape index (κ1) is 30.5. The number of rotatable bonds is 15. The Morgan fingerprint density at radius 2 is 1.33 bits per heavy atom. The normalized spacial score (nSPS) is 12.8. The molecule has 0 aliphatic heterocycles. The van der Waals surface area contributed by atoms with Gasteiger partial charge in [-0.25, -0.2) is 8.78 Å². The Hall–Kier alpha value is -3.02. The average Bonchev–Trinajstić information content (AvgIpc) is 2.94. The molecule has 3 aromatic carbocycles. The molecule has 2 nitrogen and oxygen atoms in total. The smallest absolute Gasteiger partial charge is 0.201 e. The molecule has 0 amide bonds. The van der Waals surface area contributed by atoms with Crippen LogP contribution in [0.3, 0.4) is 0 Å². The molecule has 2 unspecified atom stereocenters. The second kappa shape index (κ2) is 14.9. The third-order valence-corrected chi connectivity index (χ3v) is 7.32. The van der Waals surface area contributed by atoms with Gasteiger partial charge in [0.1, 0.15) is 6.61 Å². The number of ether oxygens (including phenoxy) is 2. The molecule has 0 radical (unpaired) electrons. The second-order valence-electron chi connectivity index (χ2n) is 10.2. The van der Waals surface area contributed by atoms with E-state index in [9.17, 15) is 13.2 Å². The van der Waals surface area contributed by atoms with E-state index < -0.39 is 23.3 Å². The van der Waals surface area contributed by atoms with Gasteiger partial charge in [-0.1, -0.05) is 83.2 Å². The summed E-state index contributed by atoms with van der Waals surface area (Å²) in [5.41, 5.74) is 1.66. The fourth-order valence-electron chi connectivity index (χ4n) is 4.89. The molecule has 0 N–H and O–H groups in total. The van der Waals surface area contributed by atoms with Crippen LogP contribution in [0.1, 0.15) is 89.7 Å². The minimum atomic E-state index is -1.03. The zero-order chi connectivity index (χ0) is 28.4. The van der Waals surface area contributed by atoms with Gasteiger partial charge in [0, 0.05) is 5.56 Å². The van der Waals surface area contributed by atoms with Crippen molar-refractivity contribution in [1.82, 2.24) is 0 Å². The highest BCUT2D eigenvalue weighted by Gasteiger charge is 2.21. The number of benzene rings is 3. The van der Waals surface area contributed by atoms with Crippen LogP contribution >= 0.6 is 0 Å². The van der Waals surface area contributed by atoms with Gasteiger partial charge in [-0.05, 0) is 66.5 Å². The van der Waals surface area contributed by atoms with Gasteiger partial charge < -0.3 is 9.47 Å². The number of hydrogen-bond acceptors (Lipinski definition) is 2. The van der Waals surface area contributed by atoms with Gasteiger partial charge in [0.25, 0.3) is 0 Å². The van der Waals surface area contributed by atoms with Crippen LogP contribution in [0.5, 0.6) is 11.5 Å². The Labute approximate surface area is 230 Å². The fraction of sp³-hybridized carbons (Fsp3) is 0.455. The fourth-order valence-corrected chi connectivity index (χ4v) is 4.89. The quantitative estimate of drug-likeness (QED) is 0.140. The summed E-state index contributed by atoms with van der Waals surface area (Å²) in [6.07, 6.45) is 7.36. The highest BCUT2D eigenvalue weighted by molar-refractivity contribution is 5.65. The molecule has 0 aromatic heterocycles. The van der Waals surface area contributed by atoms with E-state index in [1.54, 1.807) is 37.3 Å². The first-order chi connectivity index (χ1) is 18.8. The lowest BCUT2D eigenvalue weighted by molar-refractivity contribution is 0.283. The van der Waals surface area contributed by atoms with Crippen LogP contribution in [-0.4, -0.2) is 6.61 Å². The lowest BCUT2D eigenvalue weighted by Gasteiger charge is -2.20. The predicted molar refractivity (Wildman–Crippen MR) is 149 cm³/mol. The molecule has 6 heteroatoms. The van der Waals surface area contributed by atoms with Gasteiger partial charge in [-0.15, -0.1) is 0 Å². The van der Waals surface area contributed by atoms with E-state index in [2.05, 4.69) is 13.8 Å². The maximum Gasteiger partial charge on any atom is 0.201 e. The van der Waals surface area contributed by atoms with Gasteiger partial charge in [-0.3, -0.25) is 0 Å². The number of unbranched alkanes of at least 4 members (excludes halogenated alkanes) is 2. The zero-order valence-corrected chi connectivity index (χ0v) is 23.5. The average molecular weight is 545 g/mol. The van der Waals surface area contributed by atoms with E-state index >= 15 is 4.39 Å². The Bertz CT molecular complexity index is 1190. The summed E-state index contributed by atoms with van der Waals surface area (Å²) in [6, 6.07) is 12.6. The Morgan fingerprint density at radius 1 is 0.667 bits per heavy atom. The van der Waals surface area contributed by atoms with Crippen LogP contribution < -0.4 is 9.47 Å². The zero-order valence-electron chi connectivity index (χ0n) is 23.5. The number of hydrogen-bond donors (Lipinski definition) is 0. The Balaban J connectivity index is 1.63. The molecule has 0 aliphatic rings. The summed E-state index contributed by atoms with van der Waals surface area (Å²) in [6.45, 7) is 8.35. The molecule has 0 saturated carbocycles. The first-order valence-corrected chi connectivity index (χ1v) is 14.1. The van der Waals surface area contributed by atoms with Crippen LogP contribution in [0, 0.1) is 29.2 Å². The minimum absolute atomic E-state index is 0.00257. The summed E-state index contributed by atoms with van der Waals surface area (Å²) < 4.78 is 69.5. The van der Waals surface area contributed by atoms with Crippen LogP contribution in [0.15, 0.2) is 48.5 Å². The molecule has 0 spiro atoms. The summed E-state index contributed by atoms with van der Waals surface area (Å²) >= 11 is 0. The third-order valence-electron chi connectivity index (χ3n) is 7.32. The van der Waals surface area contributed by atoms with Crippen molar-refractivity contribution in [2.45, 2.75) is 85.2 Å². The lowest BCUT2D eigenvalue weighted by Crippen LogP contribution is -2.07. The van der Waals surface area contributed by atoms with E-state index in [0.717, 1.165) is 19.3 Å². The maximum atomic E-state index is 15.1. The monoisotopic (exact) mass is 544 g/mol. The Morgan fingerprint density at radius 3 is 2.00 bits per heavy atom. The molecule has 0 heterocycles. The molecule has 39 heavy (non-hydrogen) atoms. The van der Waals surface area contributed by atoms with Crippen molar-refractivity contribution in [3.63, 3.8) is 0 Å². The second-order valence-corrected chi connectivity index (χ2v) is 10.2. The van der Waals surface area contributed by atoms with E-state index in [-0.39, 0.29) is 36.2 Å². The molecule has 0 bridgehead atoms. The van der Waals surface area contributed by atoms with Crippen molar-refractivity contribution in [2.75, 3.05) is 6.61 Å². The van der Waals surface area contributed by atoms with Crippen LogP contribution in [-0.2, 0) is 6.61 Å².